The number of ether oxygens (including phenoxy) is 2. The molecule has 0 radical (unpaired) electrons. The van der Waals surface area contributed by atoms with Gasteiger partial charge in [0.25, 0.3) is 5.91 Å². The fourth-order valence-electron chi connectivity index (χ4n) is 3.04. The predicted octanol–water partition coefficient (Wildman–Crippen LogP) is 3.73. The van der Waals surface area contributed by atoms with Gasteiger partial charge in [0.05, 0.1) is 14.2 Å². The van der Waals surface area contributed by atoms with Gasteiger partial charge in [-0.3, -0.25) is 9.69 Å². The second-order valence-corrected chi connectivity index (χ2v) is 6.92. The van der Waals surface area contributed by atoms with Crippen LogP contribution >= 0.6 is 0 Å². The van der Waals surface area contributed by atoms with Gasteiger partial charge in [0, 0.05) is 25.2 Å². The van der Waals surface area contributed by atoms with Crippen molar-refractivity contribution in [3.63, 3.8) is 0 Å². The van der Waals surface area contributed by atoms with E-state index in [-0.39, 0.29) is 11.9 Å². The van der Waals surface area contributed by atoms with E-state index in [1.807, 2.05) is 25.1 Å². The lowest BCUT2D eigenvalue weighted by atomic mass is 10.1. The lowest BCUT2D eigenvalue weighted by molar-refractivity contribution is 0.0915. The maximum absolute atomic E-state index is 12.8. The van der Waals surface area contributed by atoms with Crippen LogP contribution in [-0.2, 0) is 6.54 Å². The number of nitrogens with one attached hydrogen (secondary N) is 1. The summed E-state index contributed by atoms with van der Waals surface area (Å²) in [5, 5.41) is 3.08. The van der Waals surface area contributed by atoms with Crippen LogP contribution in [0.2, 0.25) is 0 Å². The standard InChI is InChI=1S/C22H30N2O3/c1-16(2)24(15-18-10-7-6-8-11-18)14-17(3)23-22(25)21-19(26-4)12-9-13-20(21)27-5/h6-13,16-17H,14-15H2,1-5H3,(H,23,25). The van der Waals surface area contributed by atoms with Gasteiger partial charge in [0.2, 0.25) is 0 Å². The summed E-state index contributed by atoms with van der Waals surface area (Å²) in [6, 6.07) is 16.0. The third-order valence-corrected chi connectivity index (χ3v) is 4.50. The van der Waals surface area contributed by atoms with Gasteiger partial charge in [-0.05, 0) is 38.5 Å². The van der Waals surface area contributed by atoms with Crippen molar-refractivity contribution in [2.75, 3.05) is 20.8 Å². The highest BCUT2D eigenvalue weighted by Gasteiger charge is 2.21. The lowest BCUT2D eigenvalue weighted by Gasteiger charge is -2.30. The number of carbonyl (C=O) groups excluding carboxylic acids is 1. The SMILES string of the molecule is COc1cccc(OC)c1C(=O)NC(C)CN(Cc1ccccc1)C(C)C. The first-order valence-electron chi connectivity index (χ1n) is 9.26. The molecule has 2 aromatic rings. The summed E-state index contributed by atoms with van der Waals surface area (Å²) < 4.78 is 10.7. The Kier molecular flexibility index (Phi) is 7.67. The summed E-state index contributed by atoms with van der Waals surface area (Å²) >= 11 is 0. The van der Waals surface area contributed by atoms with Crippen LogP contribution in [0.4, 0.5) is 0 Å². The maximum atomic E-state index is 12.8. The highest BCUT2D eigenvalue weighted by atomic mass is 16.5. The van der Waals surface area contributed by atoms with Crippen LogP contribution in [0, 0.1) is 0 Å². The molecule has 0 aliphatic heterocycles. The van der Waals surface area contributed by atoms with Crippen LogP contribution in [-0.4, -0.2) is 43.7 Å². The van der Waals surface area contributed by atoms with Crippen molar-refractivity contribution in [3.8, 4) is 11.5 Å². The molecule has 0 saturated heterocycles. The Labute approximate surface area is 162 Å². The number of hydrogen-bond donors (Lipinski definition) is 1. The highest BCUT2D eigenvalue weighted by Crippen LogP contribution is 2.28. The number of amides is 1. The van der Waals surface area contributed by atoms with E-state index in [0.29, 0.717) is 23.1 Å². The van der Waals surface area contributed by atoms with Crippen molar-refractivity contribution < 1.29 is 14.3 Å². The summed E-state index contributed by atoms with van der Waals surface area (Å²) in [5.41, 5.74) is 1.68. The topological polar surface area (TPSA) is 50.8 Å². The molecule has 2 aromatic carbocycles. The minimum atomic E-state index is -0.194. The maximum Gasteiger partial charge on any atom is 0.259 e. The van der Waals surface area contributed by atoms with E-state index >= 15 is 0 Å². The summed E-state index contributed by atoms with van der Waals surface area (Å²) in [5.74, 6) is 0.813. The zero-order valence-electron chi connectivity index (χ0n) is 16.9. The Morgan fingerprint density at radius 2 is 1.56 bits per heavy atom. The third kappa shape index (κ3) is 5.73. The summed E-state index contributed by atoms with van der Waals surface area (Å²) in [6.45, 7) is 7.94. The second kappa shape index (κ2) is 9.97. The van der Waals surface area contributed by atoms with Crippen molar-refractivity contribution in [1.29, 1.82) is 0 Å². The molecule has 1 unspecified atom stereocenters. The first-order chi connectivity index (χ1) is 13.0. The molecule has 0 saturated carbocycles. The second-order valence-electron chi connectivity index (χ2n) is 6.92. The smallest absolute Gasteiger partial charge is 0.259 e. The fourth-order valence-corrected chi connectivity index (χ4v) is 3.04. The van der Waals surface area contributed by atoms with E-state index in [2.05, 4.69) is 36.2 Å². The molecule has 1 amide bonds. The number of methoxy groups -OCH3 is 2. The number of benzene rings is 2. The first kappa shape index (κ1) is 20.8. The van der Waals surface area contributed by atoms with E-state index in [1.165, 1.54) is 5.56 Å². The van der Waals surface area contributed by atoms with E-state index < -0.39 is 0 Å². The molecule has 5 heteroatoms. The van der Waals surface area contributed by atoms with Crippen molar-refractivity contribution in [2.24, 2.45) is 0 Å². The lowest BCUT2D eigenvalue weighted by Crippen LogP contribution is -2.44. The molecule has 5 nitrogen and oxygen atoms in total. The molecule has 27 heavy (non-hydrogen) atoms. The van der Waals surface area contributed by atoms with Gasteiger partial charge in [-0.25, -0.2) is 0 Å². The largest absolute Gasteiger partial charge is 0.496 e. The van der Waals surface area contributed by atoms with Gasteiger partial charge < -0.3 is 14.8 Å². The zero-order valence-corrected chi connectivity index (χ0v) is 16.9. The molecule has 0 aliphatic carbocycles. The molecule has 1 atom stereocenters. The molecular formula is C22H30N2O3. The van der Waals surface area contributed by atoms with Crippen LogP contribution < -0.4 is 14.8 Å². The molecular weight excluding hydrogens is 340 g/mol. The van der Waals surface area contributed by atoms with Crippen molar-refractivity contribution in [3.05, 3.63) is 59.7 Å². The van der Waals surface area contributed by atoms with Gasteiger partial charge in [0.1, 0.15) is 17.1 Å². The summed E-state index contributed by atoms with van der Waals surface area (Å²) in [6.07, 6.45) is 0. The molecule has 0 bridgehead atoms. The quantitative estimate of drug-likeness (QED) is 0.731. The molecule has 146 valence electrons. The molecule has 1 N–H and O–H groups in total. The predicted molar refractivity (Wildman–Crippen MR) is 108 cm³/mol. The Morgan fingerprint density at radius 3 is 2.07 bits per heavy atom. The van der Waals surface area contributed by atoms with Crippen LogP contribution in [0.5, 0.6) is 11.5 Å². The molecule has 2 rings (SSSR count). The average molecular weight is 370 g/mol. The normalized spacial score (nSPS) is 12.1. The molecule has 0 aromatic heterocycles. The van der Waals surface area contributed by atoms with Gasteiger partial charge in [0.15, 0.2) is 0 Å². The van der Waals surface area contributed by atoms with Gasteiger partial charge in [-0.1, -0.05) is 36.4 Å². The zero-order chi connectivity index (χ0) is 19.8. The van der Waals surface area contributed by atoms with Gasteiger partial charge in [-0.2, -0.15) is 0 Å². The minimum Gasteiger partial charge on any atom is -0.496 e. The summed E-state index contributed by atoms with van der Waals surface area (Å²) in [4.78, 5) is 15.2. The van der Waals surface area contributed by atoms with Crippen LogP contribution in [0.3, 0.4) is 0 Å². The Morgan fingerprint density at radius 1 is 0.963 bits per heavy atom. The van der Waals surface area contributed by atoms with Crippen molar-refractivity contribution in [1.82, 2.24) is 10.2 Å². The monoisotopic (exact) mass is 370 g/mol. The van der Waals surface area contributed by atoms with Crippen LogP contribution in [0.15, 0.2) is 48.5 Å². The first-order valence-corrected chi connectivity index (χ1v) is 9.26. The number of rotatable bonds is 9. The third-order valence-electron chi connectivity index (χ3n) is 4.50. The van der Waals surface area contributed by atoms with E-state index in [0.717, 1.165) is 13.1 Å². The van der Waals surface area contributed by atoms with E-state index in [4.69, 9.17) is 9.47 Å². The minimum absolute atomic E-state index is 0.0294. The Balaban J connectivity index is 2.07. The molecule has 0 spiro atoms. The van der Waals surface area contributed by atoms with Gasteiger partial charge in [-0.15, -0.1) is 0 Å². The van der Waals surface area contributed by atoms with Crippen molar-refractivity contribution in [2.45, 2.75) is 39.4 Å². The fraction of sp³-hybridized carbons (Fsp3) is 0.409. The van der Waals surface area contributed by atoms with E-state index in [9.17, 15) is 4.79 Å². The van der Waals surface area contributed by atoms with E-state index in [1.54, 1.807) is 32.4 Å². The molecule has 0 aliphatic rings. The van der Waals surface area contributed by atoms with Crippen LogP contribution in [0.1, 0.15) is 36.7 Å². The Bertz CT molecular complexity index is 709. The number of carbonyl (C=O) groups is 1. The number of nitrogens with zero attached hydrogens (tertiary/aromatic N) is 1. The molecule has 0 fully saturated rings. The Hall–Kier alpha value is -2.53. The molecule has 0 heterocycles. The number of hydrogen-bond acceptors (Lipinski definition) is 4. The van der Waals surface area contributed by atoms with Crippen LogP contribution in [0.25, 0.3) is 0 Å². The summed E-state index contributed by atoms with van der Waals surface area (Å²) in [7, 11) is 3.10. The average Bonchev–Trinajstić information content (AvgIpc) is 2.67. The van der Waals surface area contributed by atoms with Crippen molar-refractivity contribution >= 4 is 5.91 Å². The highest BCUT2D eigenvalue weighted by molar-refractivity contribution is 5.99. The van der Waals surface area contributed by atoms with Gasteiger partial charge >= 0.3 is 0 Å².